The van der Waals surface area contributed by atoms with Crippen molar-refractivity contribution in [3.05, 3.63) is 47.9 Å². The van der Waals surface area contributed by atoms with E-state index in [1.807, 2.05) is 0 Å². The van der Waals surface area contributed by atoms with Crippen molar-refractivity contribution in [2.24, 2.45) is 0 Å². The molecule has 1 aliphatic heterocycles. The standard InChI is InChI=1S/C19H23N5O3/c1-14(25)15-2-4-16(5-3-15)23-18-13-21-17(12-22-18)19(26)20-6-7-24-8-10-27-11-9-24/h2-5,12-13H,6-11H2,1H3,(H,20,26)(H,22,23). The van der Waals surface area contributed by atoms with Crippen LogP contribution in [0, 0.1) is 0 Å². The second kappa shape index (κ2) is 9.20. The van der Waals surface area contributed by atoms with Gasteiger partial charge in [0.15, 0.2) is 5.78 Å². The molecular weight excluding hydrogens is 346 g/mol. The zero-order valence-corrected chi connectivity index (χ0v) is 15.3. The molecule has 1 amide bonds. The number of nitrogens with zero attached hydrogens (tertiary/aromatic N) is 3. The second-order valence-corrected chi connectivity index (χ2v) is 6.26. The minimum absolute atomic E-state index is 0.0188. The van der Waals surface area contributed by atoms with E-state index >= 15 is 0 Å². The molecule has 0 aliphatic carbocycles. The molecule has 0 unspecified atom stereocenters. The van der Waals surface area contributed by atoms with Crippen LogP contribution in [-0.4, -0.2) is 66.0 Å². The van der Waals surface area contributed by atoms with E-state index < -0.39 is 0 Å². The molecule has 1 aliphatic rings. The summed E-state index contributed by atoms with van der Waals surface area (Å²) in [5, 5.41) is 5.94. The molecule has 142 valence electrons. The highest BCUT2D eigenvalue weighted by atomic mass is 16.5. The highest BCUT2D eigenvalue weighted by Crippen LogP contribution is 2.15. The molecule has 1 aromatic carbocycles. The van der Waals surface area contributed by atoms with E-state index in [-0.39, 0.29) is 17.4 Å². The Kier molecular flexibility index (Phi) is 6.45. The Balaban J connectivity index is 1.48. The summed E-state index contributed by atoms with van der Waals surface area (Å²) in [5.74, 6) is 0.300. The van der Waals surface area contributed by atoms with Crippen LogP contribution >= 0.6 is 0 Å². The molecule has 27 heavy (non-hydrogen) atoms. The van der Waals surface area contributed by atoms with E-state index in [4.69, 9.17) is 4.74 Å². The smallest absolute Gasteiger partial charge is 0.271 e. The summed E-state index contributed by atoms with van der Waals surface area (Å²) in [7, 11) is 0. The first kappa shape index (κ1) is 18.9. The zero-order valence-electron chi connectivity index (χ0n) is 15.3. The van der Waals surface area contributed by atoms with Crippen LogP contribution in [0.1, 0.15) is 27.8 Å². The number of anilines is 2. The summed E-state index contributed by atoms with van der Waals surface area (Å²) in [6.45, 7) is 6.14. The Morgan fingerprint density at radius 3 is 2.48 bits per heavy atom. The lowest BCUT2D eigenvalue weighted by molar-refractivity contribution is 0.0383. The maximum atomic E-state index is 12.1. The molecule has 2 heterocycles. The Bertz CT molecular complexity index is 771. The van der Waals surface area contributed by atoms with Gasteiger partial charge in [0.1, 0.15) is 11.5 Å². The van der Waals surface area contributed by atoms with Gasteiger partial charge in [0, 0.05) is 37.4 Å². The molecule has 8 nitrogen and oxygen atoms in total. The summed E-state index contributed by atoms with van der Waals surface area (Å²) >= 11 is 0. The molecule has 0 spiro atoms. The van der Waals surface area contributed by atoms with Gasteiger partial charge in [-0.3, -0.25) is 14.5 Å². The van der Waals surface area contributed by atoms with Gasteiger partial charge in [-0.15, -0.1) is 0 Å². The number of carbonyl (C=O) groups excluding carboxylic acids is 2. The number of hydrogen-bond donors (Lipinski definition) is 2. The van der Waals surface area contributed by atoms with Crippen LogP contribution < -0.4 is 10.6 Å². The number of nitrogens with one attached hydrogen (secondary N) is 2. The molecule has 0 saturated carbocycles. The predicted octanol–water partition coefficient (Wildman–Crippen LogP) is 1.48. The molecule has 2 N–H and O–H groups in total. The first-order valence-corrected chi connectivity index (χ1v) is 8.90. The molecule has 3 rings (SSSR count). The summed E-state index contributed by atoms with van der Waals surface area (Å²) in [6.07, 6.45) is 2.95. The van der Waals surface area contributed by atoms with Crippen molar-refractivity contribution < 1.29 is 14.3 Å². The van der Waals surface area contributed by atoms with Gasteiger partial charge in [0.25, 0.3) is 5.91 Å². The minimum Gasteiger partial charge on any atom is -0.379 e. The van der Waals surface area contributed by atoms with E-state index in [1.165, 1.54) is 19.3 Å². The Morgan fingerprint density at radius 2 is 1.85 bits per heavy atom. The number of rotatable bonds is 7. The molecule has 1 aromatic heterocycles. The van der Waals surface area contributed by atoms with Crippen LogP contribution in [0.5, 0.6) is 0 Å². The fraction of sp³-hybridized carbons (Fsp3) is 0.368. The number of amides is 1. The van der Waals surface area contributed by atoms with Gasteiger partial charge in [-0.05, 0) is 31.2 Å². The number of Topliss-reactive ketones (excluding diaryl/α,β-unsaturated/α-hetero) is 1. The maximum absolute atomic E-state index is 12.1. The van der Waals surface area contributed by atoms with Gasteiger partial charge >= 0.3 is 0 Å². The fourth-order valence-corrected chi connectivity index (χ4v) is 2.69. The van der Waals surface area contributed by atoms with Crippen molar-refractivity contribution in [3.8, 4) is 0 Å². The Morgan fingerprint density at radius 1 is 1.11 bits per heavy atom. The zero-order chi connectivity index (χ0) is 19.1. The monoisotopic (exact) mass is 369 g/mol. The maximum Gasteiger partial charge on any atom is 0.271 e. The normalized spacial score (nSPS) is 14.6. The molecule has 0 atom stereocenters. The van der Waals surface area contributed by atoms with Gasteiger partial charge in [-0.1, -0.05) is 0 Å². The summed E-state index contributed by atoms with van der Waals surface area (Å²) < 4.78 is 5.30. The number of morpholine rings is 1. The summed E-state index contributed by atoms with van der Waals surface area (Å²) in [6, 6.07) is 7.08. The van der Waals surface area contributed by atoms with E-state index in [0.717, 1.165) is 38.5 Å². The first-order valence-electron chi connectivity index (χ1n) is 8.90. The number of benzene rings is 1. The third kappa shape index (κ3) is 5.57. The quantitative estimate of drug-likeness (QED) is 0.714. The van der Waals surface area contributed by atoms with Crippen LogP contribution in [0.15, 0.2) is 36.7 Å². The molecule has 8 heteroatoms. The van der Waals surface area contributed by atoms with E-state index in [2.05, 4.69) is 25.5 Å². The van der Waals surface area contributed by atoms with E-state index in [1.54, 1.807) is 24.3 Å². The lowest BCUT2D eigenvalue weighted by Crippen LogP contribution is -2.41. The molecule has 2 aromatic rings. The van der Waals surface area contributed by atoms with Gasteiger partial charge in [0.2, 0.25) is 0 Å². The topological polar surface area (TPSA) is 96.5 Å². The Labute approximate surface area is 158 Å². The van der Waals surface area contributed by atoms with Crippen molar-refractivity contribution in [3.63, 3.8) is 0 Å². The fourth-order valence-electron chi connectivity index (χ4n) is 2.69. The SMILES string of the molecule is CC(=O)c1ccc(Nc2cnc(C(=O)NCCN3CCOCC3)cn2)cc1. The second-order valence-electron chi connectivity index (χ2n) is 6.26. The van der Waals surface area contributed by atoms with Gasteiger partial charge in [-0.25, -0.2) is 9.97 Å². The van der Waals surface area contributed by atoms with Crippen molar-refractivity contribution in [1.29, 1.82) is 0 Å². The van der Waals surface area contributed by atoms with Crippen molar-refractivity contribution >= 4 is 23.2 Å². The van der Waals surface area contributed by atoms with Gasteiger partial charge in [0.05, 0.1) is 25.6 Å². The van der Waals surface area contributed by atoms with Crippen LogP contribution in [0.3, 0.4) is 0 Å². The number of carbonyl (C=O) groups is 2. The number of ketones is 1. The van der Waals surface area contributed by atoms with Crippen LogP contribution in [0.25, 0.3) is 0 Å². The third-order valence-electron chi connectivity index (χ3n) is 4.27. The lowest BCUT2D eigenvalue weighted by Gasteiger charge is -2.26. The van der Waals surface area contributed by atoms with E-state index in [0.29, 0.717) is 17.9 Å². The predicted molar refractivity (Wildman–Crippen MR) is 101 cm³/mol. The highest BCUT2D eigenvalue weighted by Gasteiger charge is 2.12. The molecule has 1 fully saturated rings. The largest absolute Gasteiger partial charge is 0.379 e. The number of hydrogen-bond acceptors (Lipinski definition) is 7. The van der Waals surface area contributed by atoms with E-state index in [9.17, 15) is 9.59 Å². The third-order valence-corrected chi connectivity index (χ3v) is 4.27. The minimum atomic E-state index is -0.242. The van der Waals surface area contributed by atoms with Crippen LogP contribution in [0.2, 0.25) is 0 Å². The van der Waals surface area contributed by atoms with Crippen molar-refractivity contribution in [2.45, 2.75) is 6.92 Å². The highest BCUT2D eigenvalue weighted by molar-refractivity contribution is 5.94. The summed E-state index contributed by atoms with van der Waals surface area (Å²) in [5.41, 5.74) is 1.71. The number of aromatic nitrogens is 2. The molecular formula is C19H23N5O3. The average molecular weight is 369 g/mol. The van der Waals surface area contributed by atoms with Gasteiger partial charge < -0.3 is 15.4 Å². The van der Waals surface area contributed by atoms with Crippen LogP contribution in [0.4, 0.5) is 11.5 Å². The molecule has 0 radical (unpaired) electrons. The lowest BCUT2D eigenvalue weighted by atomic mass is 10.1. The first-order chi connectivity index (χ1) is 13.1. The van der Waals surface area contributed by atoms with Crippen LogP contribution in [-0.2, 0) is 4.74 Å². The molecule has 1 saturated heterocycles. The van der Waals surface area contributed by atoms with Gasteiger partial charge in [-0.2, -0.15) is 0 Å². The molecule has 0 bridgehead atoms. The van der Waals surface area contributed by atoms with Crippen molar-refractivity contribution in [2.75, 3.05) is 44.7 Å². The summed E-state index contributed by atoms with van der Waals surface area (Å²) in [4.78, 5) is 34.1. The average Bonchev–Trinajstić information content (AvgIpc) is 2.70. The number of ether oxygens (including phenoxy) is 1. The Hall–Kier alpha value is -2.84. The van der Waals surface area contributed by atoms with Crippen molar-refractivity contribution in [1.82, 2.24) is 20.2 Å².